The summed E-state index contributed by atoms with van der Waals surface area (Å²) in [5, 5.41) is 20.2. The molecule has 3 aromatic rings. The predicted octanol–water partition coefficient (Wildman–Crippen LogP) is 2.16. The molecule has 1 fully saturated rings. The third kappa shape index (κ3) is 6.24. The van der Waals surface area contributed by atoms with Crippen molar-refractivity contribution in [2.45, 2.75) is 31.7 Å². The molecule has 0 bridgehead atoms. The number of para-hydroxylation sites is 1. The molecule has 0 saturated carbocycles. The molecule has 0 radical (unpaired) electrons. The SMILES string of the molecule is O=C(NC(Cc1c[nH]c2ccccc12)C(=O)NC[C@@H](CO)Cc1ccccc1)C1CCNCC1. The highest BCUT2D eigenvalue weighted by Crippen LogP contribution is 2.20. The van der Waals surface area contributed by atoms with E-state index in [1.54, 1.807) is 0 Å². The van der Waals surface area contributed by atoms with Gasteiger partial charge in [0, 0.05) is 48.5 Å². The first kappa shape index (κ1) is 24.0. The molecule has 5 N–H and O–H groups in total. The second kappa shape index (κ2) is 11.8. The van der Waals surface area contributed by atoms with E-state index in [0.717, 1.165) is 48.0 Å². The quantitative estimate of drug-likeness (QED) is 0.318. The van der Waals surface area contributed by atoms with E-state index in [2.05, 4.69) is 20.9 Å². The summed E-state index contributed by atoms with van der Waals surface area (Å²) in [5.41, 5.74) is 3.11. The number of carbonyl (C=O) groups is 2. The van der Waals surface area contributed by atoms with Crippen LogP contribution in [0.2, 0.25) is 0 Å². The minimum atomic E-state index is -0.683. The molecule has 1 aromatic heterocycles. The second-order valence-electron chi connectivity index (χ2n) is 9.13. The highest BCUT2D eigenvalue weighted by Gasteiger charge is 2.28. The van der Waals surface area contributed by atoms with E-state index < -0.39 is 6.04 Å². The number of fused-ring (bicyclic) bond motifs is 1. The highest BCUT2D eigenvalue weighted by molar-refractivity contribution is 5.90. The first-order valence-corrected chi connectivity index (χ1v) is 12.1. The van der Waals surface area contributed by atoms with Crippen LogP contribution in [0, 0.1) is 11.8 Å². The van der Waals surface area contributed by atoms with Crippen LogP contribution in [0.5, 0.6) is 0 Å². The largest absolute Gasteiger partial charge is 0.396 e. The van der Waals surface area contributed by atoms with Gasteiger partial charge in [-0.15, -0.1) is 0 Å². The number of piperidine rings is 1. The summed E-state index contributed by atoms with van der Waals surface area (Å²) in [6.07, 6.45) is 4.53. The number of aliphatic hydroxyl groups excluding tert-OH is 1. The third-order valence-corrected chi connectivity index (χ3v) is 6.63. The fourth-order valence-electron chi connectivity index (χ4n) is 4.62. The minimum absolute atomic E-state index is 0.0241. The number of aromatic nitrogens is 1. The van der Waals surface area contributed by atoms with Crippen LogP contribution in [0.3, 0.4) is 0 Å². The first-order chi connectivity index (χ1) is 16.6. The summed E-state index contributed by atoms with van der Waals surface area (Å²) < 4.78 is 0. The van der Waals surface area contributed by atoms with Gasteiger partial charge in [0.05, 0.1) is 0 Å². The Hall–Kier alpha value is -3.16. The van der Waals surface area contributed by atoms with Crippen molar-refractivity contribution in [1.82, 2.24) is 20.9 Å². The molecule has 2 aromatic carbocycles. The number of amides is 2. The maximum absolute atomic E-state index is 13.3. The molecule has 7 nitrogen and oxygen atoms in total. The van der Waals surface area contributed by atoms with Crippen molar-refractivity contribution in [3.05, 3.63) is 71.9 Å². The van der Waals surface area contributed by atoms with Gasteiger partial charge in [0.15, 0.2) is 0 Å². The van der Waals surface area contributed by atoms with Gasteiger partial charge in [-0.25, -0.2) is 0 Å². The smallest absolute Gasteiger partial charge is 0.242 e. The van der Waals surface area contributed by atoms with Gasteiger partial charge in [-0.3, -0.25) is 9.59 Å². The van der Waals surface area contributed by atoms with E-state index in [4.69, 9.17) is 0 Å². The molecule has 1 aliphatic rings. The maximum Gasteiger partial charge on any atom is 0.242 e. The van der Waals surface area contributed by atoms with E-state index in [9.17, 15) is 14.7 Å². The first-order valence-electron chi connectivity index (χ1n) is 12.1. The Kier molecular flexibility index (Phi) is 8.33. The van der Waals surface area contributed by atoms with Crippen LogP contribution in [0.15, 0.2) is 60.8 Å². The van der Waals surface area contributed by atoms with Crippen LogP contribution >= 0.6 is 0 Å². The molecule has 2 atom stereocenters. The summed E-state index contributed by atoms with van der Waals surface area (Å²) >= 11 is 0. The Balaban J connectivity index is 1.44. The zero-order chi connectivity index (χ0) is 23.8. The number of rotatable bonds is 10. The van der Waals surface area contributed by atoms with E-state index in [-0.39, 0.29) is 30.3 Å². The normalized spacial score (nSPS) is 16.1. The molecular formula is C27H34N4O3. The summed E-state index contributed by atoms with van der Waals surface area (Å²) in [6.45, 7) is 1.95. The Morgan fingerprint density at radius 1 is 1.00 bits per heavy atom. The lowest BCUT2D eigenvalue weighted by atomic mass is 9.96. The van der Waals surface area contributed by atoms with Crippen LogP contribution in [0.4, 0.5) is 0 Å². The van der Waals surface area contributed by atoms with Crippen molar-refractivity contribution in [2.75, 3.05) is 26.2 Å². The van der Waals surface area contributed by atoms with Crippen LogP contribution in [-0.2, 0) is 22.4 Å². The Bertz CT molecular complexity index is 1080. The minimum Gasteiger partial charge on any atom is -0.396 e. The number of hydrogen-bond donors (Lipinski definition) is 5. The van der Waals surface area contributed by atoms with Gasteiger partial charge < -0.3 is 26.0 Å². The topological polar surface area (TPSA) is 106 Å². The standard InChI is InChI=1S/C27H34N4O3/c32-18-20(14-19-6-2-1-3-7-19)16-30-27(34)25(31-26(33)21-10-12-28-13-11-21)15-22-17-29-24-9-5-4-8-23(22)24/h1-9,17,20-21,25,28-29,32H,10-16,18H2,(H,30,34)(H,31,33)/t20-,25?/m0/s1. The van der Waals surface area contributed by atoms with Crippen LogP contribution in [-0.4, -0.2) is 54.2 Å². The molecule has 180 valence electrons. The maximum atomic E-state index is 13.3. The predicted molar refractivity (Wildman–Crippen MR) is 133 cm³/mol. The van der Waals surface area contributed by atoms with E-state index in [0.29, 0.717) is 19.4 Å². The van der Waals surface area contributed by atoms with Crippen molar-refractivity contribution in [3.63, 3.8) is 0 Å². The zero-order valence-electron chi connectivity index (χ0n) is 19.4. The molecule has 0 spiro atoms. The van der Waals surface area contributed by atoms with Crippen LogP contribution in [0.1, 0.15) is 24.0 Å². The molecule has 7 heteroatoms. The van der Waals surface area contributed by atoms with Gasteiger partial charge in [0.2, 0.25) is 11.8 Å². The van der Waals surface area contributed by atoms with Gasteiger partial charge in [-0.05, 0) is 49.5 Å². The second-order valence-corrected chi connectivity index (χ2v) is 9.13. The van der Waals surface area contributed by atoms with Crippen molar-refractivity contribution in [1.29, 1.82) is 0 Å². The third-order valence-electron chi connectivity index (χ3n) is 6.63. The van der Waals surface area contributed by atoms with E-state index in [1.807, 2.05) is 60.8 Å². The lowest BCUT2D eigenvalue weighted by molar-refractivity contribution is -0.131. The van der Waals surface area contributed by atoms with Crippen molar-refractivity contribution in [2.24, 2.45) is 11.8 Å². The summed E-state index contributed by atoms with van der Waals surface area (Å²) in [5.74, 6) is -0.466. The number of hydrogen-bond acceptors (Lipinski definition) is 4. The zero-order valence-corrected chi connectivity index (χ0v) is 19.4. The number of carbonyl (C=O) groups excluding carboxylic acids is 2. The molecule has 1 aliphatic heterocycles. The van der Waals surface area contributed by atoms with Crippen molar-refractivity contribution >= 4 is 22.7 Å². The average Bonchev–Trinajstić information content (AvgIpc) is 3.29. The Morgan fingerprint density at radius 2 is 1.74 bits per heavy atom. The molecule has 4 rings (SSSR count). The van der Waals surface area contributed by atoms with Crippen LogP contribution < -0.4 is 16.0 Å². The molecule has 2 heterocycles. The summed E-state index contributed by atoms with van der Waals surface area (Å²) in [6, 6.07) is 17.2. The molecule has 1 unspecified atom stereocenters. The number of aromatic amines is 1. The van der Waals surface area contributed by atoms with Gasteiger partial charge in [0.1, 0.15) is 6.04 Å². The molecular weight excluding hydrogens is 428 g/mol. The number of nitrogens with one attached hydrogen (secondary N) is 4. The van der Waals surface area contributed by atoms with Gasteiger partial charge in [-0.2, -0.15) is 0 Å². The number of benzene rings is 2. The lowest BCUT2D eigenvalue weighted by Gasteiger charge is -2.25. The summed E-state index contributed by atoms with van der Waals surface area (Å²) in [4.78, 5) is 29.5. The monoisotopic (exact) mass is 462 g/mol. The number of H-pyrrole nitrogens is 1. The van der Waals surface area contributed by atoms with Gasteiger partial charge >= 0.3 is 0 Å². The lowest BCUT2D eigenvalue weighted by Crippen LogP contribution is -2.51. The van der Waals surface area contributed by atoms with E-state index >= 15 is 0 Å². The van der Waals surface area contributed by atoms with Crippen LogP contribution in [0.25, 0.3) is 10.9 Å². The Labute approximate surface area is 200 Å². The molecule has 1 saturated heterocycles. The number of aliphatic hydroxyl groups is 1. The average molecular weight is 463 g/mol. The summed E-state index contributed by atoms with van der Waals surface area (Å²) in [7, 11) is 0. The fourth-order valence-corrected chi connectivity index (χ4v) is 4.62. The highest BCUT2D eigenvalue weighted by atomic mass is 16.3. The van der Waals surface area contributed by atoms with Gasteiger partial charge in [-0.1, -0.05) is 48.5 Å². The molecule has 0 aliphatic carbocycles. The Morgan fingerprint density at radius 3 is 2.50 bits per heavy atom. The van der Waals surface area contributed by atoms with Gasteiger partial charge in [0.25, 0.3) is 0 Å². The molecule has 2 amide bonds. The van der Waals surface area contributed by atoms with E-state index in [1.165, 1.54) is 0 Å². The van der Waals surface area contributed by atoms with Crippen molar-refractivity contribution in [3.8, 4) is 0 Å². The fraction of sp³-hybridized carbons (Fsp3) is 0.407. The molecule has 34 heavy (non-hydrogen) atoms. The van der Waals surface area contributed by atoms with Crippen molar-refractivity contribution < 1.29 is 14.7 Å².